The number of anilines is 1. The maximum Gasteiger partial charge on any atom is 0.333 e. The van der Waals surface area contributed by atoms with E-state index in [9.17, 15) is 18.4 Å². The van der Waals surface area contributed by atoms with Crippen LogP contribution in [0, 0.1) is 11.6 Å². The lowest BCUT2D eigenvalue weighted by Gasteiger charge is -2.11. The number of nitrogens with one attached hydrogen (secondary N) is 1. The Morgan fingerprint density at radius 1 is 1.05 bits per heavy atom. The smallest absolute Gasteiger partial charge is 0.302 e. The first kappa shape index (κ1) is 13.9. The fourth-order valence-corrected chi connectivity index (χ4v) is 2.02. The molecule has 0 aliphatic carbocycles. The van der Waals surface area contributed by atoms with Crippen LogP contribution in [0.3, 0.4) is 0 Å². The second-order valence-corrected chi connectivity index (χ2v) is 4.51. The van der Waals surface area contributed by atoms with Crippen LogP contribution in [0.2, 0.25) is 0 Å². The SMILES string of the molecule is O=C1NC(=Cc2ccncc2)C(=O)N1c1ccc(F)c(F)c1. The number of carbonyl (C=O) groups excluding carboxylic acids is 2. The first-order valence-corrected chi connectivity index (χ1v) is 6.28. The van der Waals surface area contributed by atoms with Crippen molar-refractivity contribution in [2.24, 2.45) is 0 Å². The van der Waals surface area contributed by atoms with Crippen molar-refractivity contribution in [3.05, 3.63) is 65.6 Å². The molecule has 5 nitrogen and oxygen atoms in total. The Labute approximate surface area is 123 Å². The topological polar surface area (TPSA) is 62.3 Å². The fourth-order valence-electron chi connectivity index (χ4n) is 2.02. The van der Waals surface area contributed by atoms with Gasteiger partial charge in [-0.1, -0.05) is 0 Å². The van der Waals surface area contributed by atoms with Gasteiger partial charge in [-0.2, -0.15) is 0 Å². The van der Waals surface area contributed by atoms with Gasteiger partial charge in [0.2, 0.25) is 0 Å². The highest BCUT2D eigenvalue weighted by atomic mass is 19.2. The standard InChI is InChI=1S/C15H9F2N3O2/c16-11-2-1-10(8-12(11)17)20-14(21)13(19-15(20)22)7-9-3-5-18-6-4-9/h1-8H,(H,19,22). The highest BCUT2D eigenvalue weighted by Crippen LogP contribution is 2.23. The van der Waals surface area contributed by atoms with Crippen LogP contribution in [0.1, 0.15) is 5.56 Å². The number of hydrogen-bond donors (Lipinski definition) is 1. The molecule has 22 heavy (non-hydrogen) atoms. The number of pyridine rings is 1. The molecule has 1 aromatic carbocycles. The number of halogens is 2. The average Bonchev–Trinajstić information content (AvgIpc) is 2.78. The molecule has 3 rings (SSSR count). The molecule has 0 unspecified atom stereocenters. The predicted molar refractivity (Wildman–Crippen MR) is 74.6 cm³/mol. The van der Waals surface area contributed by atoms with Crippen LogP contribution in [0.4, 0.5) is 19.3 Å². The number of amides is 3. The lowest BCUT2D eigenvalue weighted by molar-refractivity contribution is -0.113. The predicted octanol–water partition coefficient (Wildman–Crippen LogP) is 2.46. The lowest BCUT2D eigenvalue weighted by Crippen LogP contribution is -2.30. The maximum absolute atomic E-state index is 13.3. The van der Waals surface area contributed by atoms with Gasteiger partial charge in [-0.25, -0.2) is 18.5 Å². The summed E-state index contributed by atoms with van der Waals surface area (Å²) in [5.74, 6) is -2.83. The van der Waals surface area contributed by atoms with Gasteiger partial charge in [-0.15, -0.1) is 0 Å². The van der Waals surface area contributed by atoms with Gasteiger partial charge >= 0.3 is 6.03 Å². The summed E-state index contributed by atoms with van der Waals surface area (Å²) in [6.45, 7) is 0. The summed E-state index contributed by atoms with van der Waals surface area (Å²) in [5.41, 5.74) is 0.672. The van der Waals surface area contributed by atoms with Gasteiger partial charge in [0.05, 0.1) is 5.69 Å². The first-order chi connectivity index (χ1) is 10.6. The zero-order chi connectivity index (χ0) is 15.7. The van der Waals surface area contributed by atoms with Crippen LogP contribution >= 0.6 is 0 Å². The Bertz CT molecular complexity index is 791. The minimum absolute atomic E-state index is 0.0421. The van der Waals surface area contributed by atoms with E-state index in [0.29, 0.717) is 5.56 Å². The molecular weight excluding hydrogens is 292 g/mol. The summed E-state index contributed by atoms with van der Waals surface area (Å²) in [7, 11) is 0. The van der Waals surface area contributed by atoms with Gasteiger partial charge in [0.1, 0.15) is 5.70 Å². The first-order valence-electron chi connectivity index (χ1n) is 6.28. The molecule has 1 saturated heterocycles. The van der Waals surface area contributed by atoms with E-state index in [1.54, 1.807) is 24.5 Å². The summed E-state index contributed by atoms with van der Waals surface area (Å²) < 4.78 is 26.2. The molecule has 0 spiro atoms. The van der Waals surface area contributed by atoms with Crippen molar-refractivity contribution in [1.82, 2.24) is 10.3 Å². The Hall–Kier alpha value is -3.09. The van der Waals surface area contributed by atoms with Crippen molar-refractivity contribution in [2.45, 2.75) is 0 Å². The van der Waals surface area contributed by atoms with Gasteiger partial charge in [0.15, 0.2) is 11.6 Å². The van der Waals surface area contributed by atoms with Gasteiger partial charge < -0.3 is 5.32 Å². The van der Waals surface area contributed by atoms with Gasteiger partial charge in [-0.05, 0) is 35.9 Å². The monoisotopic (exact) mass is 301 g/mol. The van der Waals surface area contributed by atoms with Crippen LogP contribution in [-0.4, -0.2) is 16.9 Å². The Balaban J connectivity index is 1.95. The summed E-state index contributed by atoms with van der Waals surface area (Å²) in [6, 6.07) is 5.40. The molecule has 1 aliphatic heterocycles. The number of aromatic nitrogens is 1. The van der Waals surface area contributed by atoms with Crippen LogP contribution in [0.15, 0.2) is 48.4 Å². The molecule has 1 aromatic heterocycles. The molecule has 2 heterocycles. The highest BCUT2D eigenvalue weighted by Gasteiger charge is 2.35. The summed E-state index contributed by atoms with van der Waals surface area (Å²) >= 11 is 0. The molecule has 1 fully saturated rings. The third-order valence-electron chi connectivity index (χ3n) is 3.06. The second-order valence-electron chi connectivity index (χ2n) is 4.51. The van der Waals surface area contributed by atoms with Crippen LogP contribution in [0.25, 0.3) is 6.08 Å². The Morgan fingerprint density at radius 3 is 2.45 bits per heavy atom. The molecular formula is C15H9F2N3O2. The highest BCUT2D eigenvalue weighted by molar-refractivity contribution is 6.28. The fraction of sp³-hybridized carbons (Fsp3) is 0. The maximum atomic E-state index is 13.3. The normalized spacial score (nSPS) is 16.3. The molecule has 0 atom stereocenters. The van der Waals surface area contributed by atoms with E-state index < -0.39 is 23.6 Å². The van der Waals surface area contributed by atoms with Gasteiger partial charge in [-0.3, -0.25) is 9.78 Å². The number of nitrogens with zero attached hydrogens (tertiary/aromatic N) is 2. The molecule has 0 bridgehead atoms. The zero-order valence-corrected chi connectivity index (χ0v) is 11.1. The number of benzene rings is 1. The molecule has 0 saturated carbocycles. The van der Waals surface area contributed by atoms with Crippen molar-refractivity contribution in [1.29, 1.82) is 0 Å². The van der Waals surface area contributed by atoms with E-state index >= 15 is 0 Å². The Kier molecular flexibility index (Phi) is 3.38. The van der Waals surface area contributed by atoms with E-state index in [1.807, 2.05) is 0 Å². The molecule has 1 aliphatic rings. The van der Waals surface area contributed by atoms with E-state index in [-0.39, 0.29) is 11.4 Å². The van der Waals surface area contributed by atoms with Crippen LogP contribution in [0.5, 0.6) is 0 Å². The van der Waals surface area contributed by atoms with Gasteiger partial charge in [0.25, 0.3) is 5.91 Å². The number of rotatable bonds is 2. The number of hydrogen-bond acceptors (Lipinski definition) is 3. The summed E-state index contributed by atoms with van der Waals surface area (Å²) in [4.78, 5) is 28.8. The van der Waals surface area contributed by atoms with Crippen LogP contribution < -0.4 is 10.2 Å². The average molecular weight is 301 g/mol. The third kappa shape index (κ3) is 2.44. The molecule has 3 amide bonds. The Morgan fingerprint density at radius 2 is 1.77 bits per heavy atom. The third-order valence-corrected chi connectivity index (χ3v) is 3.06. The number of urea groups is 1. The zero-order valence-electron chi connectivity index (χ0n) is 11.1. The number of imide groups is 1. The van der Waals surface area contributed by atoms with E-state index in [1.165, 1.54) is 6.08 Å². The summed E-state index contributed by atoms with van der Waals surface area (Å²) in [5, 5.41) is 2.40. The van der Waals surface area contributed by atoms with Gasteiger partial charge in [0, 0.05) is 18.5 Å². The van der Waals surface area contributed by atoms with E-state index in [2.05, 4.69) is 10.3 Å². The van der Waals surface area contributed by atoms with E-state index in [0.717, 1.165) is 23.1 Å². The van der Waals surface area contributed by atoms with Crippen LogP contribution in [-0.2, 0) is 4.79 Å². The quantitative estimate of drug-likeness (QED) is 0.684. The van der Waals surface area contributed by atoms with Crippen molar-refractivity contribution in [3.8, 4) is 0 Å². The molecule has 2 aromatic rings. The van der Waals surface area contributed by atoms with Crippen molar-refractivity contribution in [3.63, 3.8) is 0 Å². The van der Waals surface area contributed by atoms with Crippen molar-refractivity contribution >= 4 is 23.7 Å². The number of carbonyl (C=O) groups is 2. The molecule has 0 radical (unpaired) electrons. The molecule has 110 valence electrons. The van der Waals surface area contributed by atoms with E-state index in [4.69, 9.17) is 0 Å². The minimum atomic E-state index is -1.13. The lowest BCUT2D eigenvalue weighted by atomic mass is 10.2. The molecule has 1 N–H and O–H groups in total. The minimum Gasteiger partial charge on any atom is -0.302 e. The second kappa shape index (κ2) is 5.36. The molecule has 7 heteroatoms. The largest absolute Gasteiger partial charge is 0.333 e. The van der Waals surface area contributed by atoms with Crippen molar-refractivity contribution < 1.29 is 18.4 Å². The summed E-state index contributed by atoms with van der Waals surface area (Å²) in [6.07, 6.45) is 4.56. The van der Waals surface area contributed by atoms with Crippen molar-refractivity contribution in [2.75, 3.05) is 4.90 Å².